The highest BCUT2D eigenvalue weighted by Gasteiger charge is 2.24. The monoisotopic (exact) mass is 848 g/mol. The fourth-order valence-corrected chi connectivity index (χ4v) is 8.49. The summed E-state index contributed by atoms with van der Waals surface area (Å²) in [6.45, 7) is 6.49. The quantitative estimate of drug-likeness (QED) is 0.0322. The van der Waals surface area contributed by atoms with Gasteiger partial charge in [0.15, 0.2) is 0 Å². The molecule has 0 bridgehead atoms. The van der Waals surface area contributed by atoms with Gasteiger partial charge >= 0.3 is 5.97 Å². The summed E-state index contributed by atoms with van der Waals surface area (Å²) in [5, 5.41) is 23.7. The van der Waals surface area contributed by atoms with E-state index in [9.17, 15) is 19.8 Å². The summed E-state index contributed by atoms with van der Waals surface area (Å²) in [6.07, 6.45) is 54.2. The Hall–Kier alpha value is -1.40. The minimum absolute atomic E-state index is 0.0838. The number of rotatable bonds is 49. The number of carbonyl (C=O) groups excluding carboxylic acids is 2. The first-order valence-corrected chi connectivity index (χ1v) is 26.9. The second kappa shape index (κ2) is 48.6. The van der Waals surface area contributed by atoms with Crippen molar-refractivity contribution in [1.29, 1.82) is 0 Å². The topological polar surface area (TPSA) is 95.9 Å². The third-order valence-corrected chi connectivity index (χ3v) is 12.6. The molecule has 0 saturated carbocycles. The van der Waals surface area contributed by atoms with Gasteiger partial charge < -0.3 is 20.3 Å². The predicted molar refractivity (Wildman–Crippen MR) is 260 cm³/mol. The Morgan fingerprint density at radius 1 is 0.467 bits per heavy atom. The molecule has 0 aliphatic heterocycles. The van der Waals surface area contributed by atoms with E-state index in [-0.39, 0.29) is 24.9 Å². The molecule has 6 nitrogen and oxygen atoms in total. The van der Waals surface area contributed by atoms with E-state index in [0.717, 1.165) is 44.9 Å². The summed E-state index contributed by atoms with van der Waals surface area (Å²) in [4.78, 5) is 26.1. The Kier molecular flexibility index (Phi) is 47.5. The zero-order valence-electron chi connectivity index (χ0n) is 40.6. The van der Waals surface area contributed by atoms with Gasteiger partial charge in [-0.25, -0.2) is 0 Å². The molecule has 0 aliphatic rings. The van der Waals surface area contributed by atoms with Crippen molar-refractivity contribution in [2.75, 3.05) is 6.61 Å². The van der Waals surface area contributed by atoms with Gasteiger partial charge in [-0.1, -0.05) is 245 Å². The Labute approximate surface area is 374 Å². The lowest BCUT2D eigenvalue weighted by molar-refractivity contribution is -0.151. The van der Waals surface area contributed by atoms with E-state index in [4.69, 9.17) is 4.74 Å². The van der Waals surface area contributed by atoms with Gasteiger partial charge in [-0.15, -0.1) is 0 Å². The fourth-order valence-electron chi connectivity index (χ4n) is 8.49. The van der Waals surface area contributed by atoms with E-state index < -0.39 is 18.2 Å². The minimum atomic E-state index is -0.781. The molecule has 0 aromatic carbocycles. The van der Waals surface area contributed by atoms with Crippen molar-refractivity contribution in [2.45, 2.75) is 315 Å². The molecule has 0 rings (SSSR count). The number of nitrogens with one attached hydrogen (secondary N) is 1. The number of ether oxygens (including phenoxy) is 1. The maximum Gasteiger partial charge on any atom is 0.306 e. The van der Waals surface area contributed by atoms with Crippen LogP contribution in [-0.2, 0) is 14.3 Å². The number of hydrogen-bond acceptors (Lipinski definition) is 5. The number of allylic oxidation sites excluding steroid dienone is 2. The highest BCUT2D eigenvalue weighted by atomic mass is 16.5. The number of unbranched alkanes of at least 4 members (excludes halogenated alkanes) is 35. The maximum absolute atomic E-state index is 13.2. The summed E-state index contributed by atoms with van der Waals surface area (Å²) in [6, 6.07) is -0.694. The van der Waals surface area contributed by atoms with Crippen LogP contribution in [0.2, 0.25) is 0 Å². The molecule has 60 heavy (non-hydrogen) atoms. The molecule has 3 N–H and O–H groups in total. The van der Waals surface area contributed by atoms with Gasteiger partial charge in [0.05, 0.1) is 25.2 Å². The van der Waals surface area contributed by atoms with Crippen molar-refractivity contribution >= 4 is 11.9 Å². The summed E-state index contributed by atoms with van der Waals surface area (Å²) in [5.74, 6) is -0.459. The first-order valence-electron chi connectivity index (χ1n) is 26.9. The average Bonchev–Trinajstić information content (AvgIpc) is 3.24. The van der Waals surface area contributed by atoms with Crippen LogP contribution in [0.25, 0.3) is 0 Å². The lowest BCUT2D eigenvalue weighted by atomic mass is 10.0. The fraction of sp³-hybridized carbons (Fsp3) is 0.926. The molecular formula is C54H105NO5. The number of esters is 1. The SMILES string of the molecule is CCCCCCCC/C=C/CCCCCCCCCCCC(=O)OC(CCCCCCCCCCCC)CC(=O)NC(CO)C(O)CCCCCCCCCCCCCC. The van der Waals surface area contributed by atoms with E-state index in [1.807, 2.05) is 0 Å². The van der Waals surface area contributed by atoms with Crippen molar-refractivity contribution in [3.8, 4) is 0 Å². The van der Waals surface area contributed by atoms with Crippen molar-refractivity contribution in [1.82, 2.24) is 5.32 Å². The second-order valence-electron chi connectivity index (χ2n) is 18.6. The molecule has 0 fully saturated rings. The van der Waals surface area contributed by atoms with E-state index in [1.54, 1.807) is 0 Å². The Bertz CT molecular complexity index is 909. The number of carbonyl (C=O) groups is 2. The van der Waals surface area contributed by atoms with Crippen LogP contribution in [0, 0.1) is 0 Å². The van der Waals surface area contributed by atoms with Crippen LogP contribution < -0.4 is 5.32 Å². The number of hydrogen-bond donors (Lipinski definition) is 3. The first-order chi connectivity index (χ1) is 29.5. The van der Waals surface area contributed by atoms with E-state index >= 15 is 0 Å². The highest BCUT2D eigenvalue weighted by Crippen LogP contribution is 2.18. The molecule has 0 aliphatic carbocycles. The first kappa shape index (κ1) is 58.6. The van der Waals surface area contributed by atoms with Crippen LogP contribution in [0.1, 0.15) is 297 Å². The van der Waals surface area contributed by atoms with Crippen LogP contribution in [0.4, 0.5) is 0 Å². The largest absolute Gasteiger partial charge is 0.462 e. The number of aliphatic hydroxyl groups excluding tert-OH is 2. The standard InChI is InChI=1S/C54H105NO5/c1-4-7-10-13-16-19-22-24-25-26-27-28-29-30-32-35-38-41-44-47-54(59)60-50(45-42-39-36-33-21-18-15-12-9-6-3)48-53(58)55-51(49-56)52(57)46-43-40-37-34-31-23-20-17-14-11-8-5-2/h24-25,50-52,56-57H,4-23,26-49H2,1-3H3,(H,55,58)/b25-24+. The summed E-state index contributed by atoms with van der Waals surface area (Å²) < 4.78 is 5.94. The molecule has 6 heteroatoms. The van der Waals surface area contributed by atoms with Crippen LogP contribution >= 0.6 is 0 Å². The van der Waals surface area contributed by atoms with Crippen molar-refractivity contribution < 1.29 is 24.5 Å². The van der Waals surface area contributed by atoms with Gasteiger partial charge in [-0.05, 0) is 51.4 Å². The van der Waals surface area contributed by atoms with E-state index in [1.165, 1.54) is 205 Å². The van der Waals surface area contributed by atoms with Gasteiger partial charge in [-0.3, -0.25) is 9.59 Å². The highest BCUT2D eigenvalue weighted by molar-refractivity contribution is 5.77. The molecule has 3 atom stereocenters. The Morgan fingerprint density at radius 3 is 1.18 bits per heavy atom. The molecule has 0 radical (unpaired) electrons. The Morgan fingerprint density at radius 2 is 0.800 bits per heavy atom. The normalized spacial score (nSPS) is 13.2. The molecule has 0 heterocycles. The Balaban J connectivity index is 4.41. The van der Waals surface area contributed by atoms with Crippen LogP contribution in [0.15, 0.2) is 12.2 Å². The zero-order chi connectivity index (χ0) is 43.8. The molecule has 3 unspecified atom stereocenters. The third kappa shape index (κ3) is 43.3. The lowest BCUT2D eigenvalue weighted by Gasteiger charge is -2.24. The predicted octanol–water partition coefficient (Wildman–Crippen LogP) is 16.1. The summed E-state index contributed by atoms with van der Waals surface area (Å²) in [7, 11) is 0. The van der Waals surface area contributed by atoms with Crippen molar-refractivity contribution in [3.63, 3.8) is 0 Å². The molecule has 356 valence electrons. The van der Waals surface area contributed by atoms with Gasteiger partial charge in [-0.2, -0.15) is 0 Å². The van der Waals surface area contributed by atoms with Crippen LogP contribution in [0.3, 0.4) is 0 Å². The molecular weight excluding hydrogens is 743 g/mol. The average molecular weight is 848 g/mol. The number of amides is 1. The molecule has 0 aromatic rings. The smallest absolute Gasteiger partial charge is 0.306 e. The summed E-state index contributed by atoms with van der Waals surface area (Å²) in [5.41, 5.74) is 0. The lowest BCUT2D eigenvalue weighted by Crippen LogP contribution is -2.46. The minimum Gasteiger partial charge on any atom is -0.462 e. The van der Waals surface area contributed by atoms with E-state index in [2.05, 4.69) is 38.2 Å². The summed E-state index contributed by atoms with van der Waals surface area (Å²) >= 11 is 0. The third-order valence-electron chi connectivity index (χ3n) is 12.6. The van der Waals surface area contributed by atoms with Crippen molar-refractivity contribution in [3.05, 3.63) is 12.2 Å². The van der Waals surface area contributed by atoms with Crippen LogP contribution in [0.5, 0.6) is 0 Å². The molecule has 0 spiro atoms. The molecule has 1 amide bonds. The van der Waals surface area contributed by atoms with Gasteiger partial charge in [0, 0.05) is 6.42 Å². The van der Waals surface area contributed by atoms with E-state index in [0.29, 0.717) is 19.3 Å². The van der Waals surface area contributed by atoms with Gasteiger partial charge in [0.2, 0.25) is 5.91 Å². The second-order valence-corrected chi connectivity index (χ2v) is 18.6. The molecule has 0 saturated heterocycles. The van der Waals surface area contributed by atoms with Gasteiger partial charge in [0.1, 0.15) is 6.10 Å². The van der Waals surface area contributed by atoms with Crippen molar-refractivity contribution in [2.24, 2.45) is 0 Å². The van der Waals surface area contributed by atoms with Gasteiger partial charge in [0.25, 0.3) is 0 Å². The molecule has 0 aromatic heterocycles. The van der Waals surface area contributed by atoms with Crippen LogP contribution in [-0.4, -0.2) is 46.9 Å². The zero-order valence-corrected chi connectivity index (χ0v) is 40.6. The number of aliphatic hydroxyl groups is 2. The maximum atomic E-state index is 13.2.